The van der Waals surface area contributed by atoms with Crippen molar-refractivity contribution in [2.24, 2.45) is 0 Å². The summed E-state index contributed by atoms with van der Waals surface area (Å²) < 4.78 is 0. The summed E-state index contributed by atoms with van der Waals surface area (Å²) >= 11 is 0. The first-order valence-electron chi connectivity index (χ1n) is 4.09. The lowest BCUT2D eigenvalue weighted by atomic mass is 9.90. The fraction of sp³-hybridized carbons (Fsp3) is 0.400. The molecule has 0 fully saturated rings. The van der Waals surface area contributed by atoms with Gasteiger partial charge in [-0.15, -0.1) is 0 Å². The highest BCUT2D eigenvalue weighted by molar-refractivity contribution is 6.32. The van der Waals surface area contributed by atoms with E-state index in [2.05, 4.69) is 19.9 Å². The van der Waals surface area contributed by atoms with Gasteiger partial charge in [-0.3, -0.25) is 0 Å². The van der Waals surface area contributed by atoms with Crippen LogP contribution in [0.25, 0.3) is 0 Å². The largest absolute Gasteiger partial charge is 0.113 e. The average molecular weight is 144 g/mol. The van der Waals surface area contributed by atoms with Crippen molar-refractivity contribution in [2.45, 2.75) is 26.2 Å². The molecular formula is C10H13B. The second-order valence-electron chi connectivity index (χ2n) is 2.98. The van der Waals surface area contributed by atoms with Crippen LogP contribution in [0.5, 0.6) is 0 Å². The Labute approximate surface area is 70.0 Å². The van der Waals surface area contributed by atoms with Crippen LogP contribution in [-0.4, -0.2) is 7.85 Å². The van der Waals surface area contributed by atoms with Crippen molar-refractivity contribution >= 4 is 13.3 Å². The fourth-order valence-electron chi connectivity index (χ4n) is 1.10. The van der Waals surface area contributed by atoms with E-state index < -0.39 is 0 Å². The topological polar surface area (TPSA) is 0 Å². The van der Waals surface area contributed by atoms with Crippen molar-refractivity contribution in [1.82, 2.24) is 0 Å². The summed E-state index contributed by atoms with van der Waals surface area (Å²) in [5, 5.41) is 0. The van der Waals surface area contributed by atoms with Crippen molar-refractivity contribution in [2.75, 3.05) is 0 Å². The van der Waals surface area contributed by atoms with E-state index in [1.807, 2.05) is 18.2 Å². The van der Waals surface area contributed by atoms with Crippen molar-refractivity contribution < 1.29 is 0 Å². The molecule has 0 spiro atoms. The second-order valence-corrected chi connectivity index (χ2v) is 2.98. The van der Waals surface area contributed by atoms with Gasteiger partial charge in [0.25, 0.3) is 0 Å². The highest BCUT2D eigenvalue weighted by Gasteiger charge is 2.00. The fourth-order valence-corrected chi connectivity index (χ4v) is 1.10. The van der Waals surface area contributed by atoms with Crippen molar-refractivity contribution in [3.63, 3.8) is 0 Å². The highest BCUT2D eigenvalue weighted by atomic mass is 14.0. The summed E-state index contributed by atoms with van der Waals surface area (Å²) in [6, 6.07) is 8.11. The molecule has 1 aromatic carbocycles. The lowest BCUT2D eigenvalue weighted by Crippen LogP contribution is -2.03. The summed E-state index contributed by atoms with van der Waals surface area (Å²) in [4.78, 5) is 0. The number of hydrogen-bond donors (Lipinski definition) is 0. The van der Waals surface area contributed by atoms with Gasteiger partial charge >= 0.3 is 0 Å². The van der Waals surface area contributed by atoms with Crippen LogP contribution < -0.4 is 5.46 Å². The molecule has 0 aliphatic heterocycles. The Bertz CT molecular complexity index is 230. The first-order chi connectivity index (χ1) is 5.24. The van der Waals surface area contributed by atoms with Crippen LogP contribution in [0.1, 0.15) is 31.7 Å². The van der Waals surface area contributed by atoms with Gasteiger partial charge in [0.2, 0.25) is 0 Å². The molecule has 1 aromatic rings. The molecule has 0 heterocycles. The molecule has 0 aromatic heterocycles. The van der Waals surface area contributed by atoms with E-state index in [1.54, 1.807) is 0 Å². The van der Waals surface area contributed by atoms with Gasteiger partial charge in [0, 0.05) is 0 Å². The summed E-state index contributed by atoms with van der Waals surface area (Å²) in [7, 11) is 5.65. The van der Waals surface area contributed by atoms with Gasteiger partial charge in [-0.2, -0.15) is 0 Å². The van der Waals surface area contributed by atoms with Gasteiger partial charge in [-0.25, -0.2) is 0 Å². The van der Waals surface area contributed by atoms with Crippen molar-refractivity contribution in [1.29, 1.82) is 0 Å². The Morgan fingerprint density at radius 2 is 2.18 bits per heavy atom. The Hall–Kier alpha value is -0.715. The summed E-state index contributed by atoms with van der Waals surface area (Å²) in [5.41, 5.74) is 2.20. The molecular weight excluding hydrogens is 131 g/mol. The maximum absolute atomic E-state index is 5.65. The second kappa shape index (κ2) is 3.61. The SMILES string of the molecule is [B]c1cccc(C(C)CC)c1. The lowest BCUT2D eigenvalue weighted by molar-refractivity contribution is 0.734. The van der Waals surface area contributed by atoms with Crippen LogP contribution in [-0.2, 0) is 0 Å². The Morgan fingerprint density at radius 3 is 2.73 bits per heavy atom. The van der Waals surface area contributed by atoms with Gasteiger partial charge in [0.15, 0.2) is 0 Å². The molecule has 0 aliphatic carbocycles. The molecule has 0 saturated carbocycles. The van der Waals surface area contributed by atoms with Crippen LogP contribution in [0.4, 0.5) is 0 Å². The third-order valence-electron chi connectivity index (χ3n) is 2.09. The number of rotatable bonds is 2. The summed E-state index contributed by atoms with van der Waals surface area (Å²) in [5.74, 6) is 0.624. The van der Waals surface area contributed by atoms with E-state index in [1.165, 1.54) is 12.0 Å². The molecule has 1 heteroatoms. The van der Waals surface area contributed by atoms with Gasteiger partial charge in [-0.1, -0.05) is 43.6 Å². The van der Waals surface area contributed by atoms with E-state index >= 15 is 0 Å². The van der Waals surface area contributed by atoms with Gasteiger partial charge in [-0.05, 0) is 17.9 Å². The quantitative estimate of drug-likeness (QED) is 0.557. The van der Waals surface area contributed by atoms with Gasteiger partial charge in [0.1, 0.15) is 7.85 Å². The molecule has 2 radical (unpaired) electrons. The van der Waals surface area contributed by atoms with Crippen molar-refractivity contribution in [3.8, 4) is 0 Å². The van der Waals surface area contributed by atoms with Crippen LogP contribution in [0.2, 0.25) is 0 Å². The first-order valence-corrected chi connectivity index (χ1v) is 4.09. The third-order valence-corrected chi connectivity index (χ3v) is 2.09. The number of hydrogen-bond acceptors (Lipinski definition) is 0. The summed E-state index contributed by atoms with van der Waals surface area (Å²) in [6.45, 7) is 4.41. The first kappa shape index (κ1) is 8.38. The zero-order chi connectivity index (χ0) is 8.27. The summed E-state index contributed by atoms with van der Waals surface area (Å²) in [6.07, 6.45) is 1.17. The number of benzene rings is 1. The molecule has 0 saturated heterocycles. The van der Waals surface area contributed by atoms with E-state index in [0.717, 1.165) is 5.46 Å². The van der Waals surface area contributed by atoms with E-state index in [9.17, 15) is 0 Å². The third kappa shape index (κ3) is 2.11. The Kier molecular flexibility index (Phi) is 2.75. The maximum Gasteiger partial charge on any atom is 0.113 e. The van der Waals surface area contributed by atoms with Crippen molar-refractivity contribution in [3.05, 3.63) is 29.8 Å². The van der Waals surface area contributed by atoms with Crippen LogP contribution in [0.3, 0.4) is 0 Å². The monoisotopic (exact) mass is 144 g/mol. The molecule has 1 atom stereocenters. The maximum atomic E-state index is 5.65. The molecule has 1 unspecified atom stereocenters. The van der Waals surface area contributed by atoms with E-state index in [0.29, 0.717) is 5.92 Å². The van der Waals surface area contributed by atoms with Gasteiger partial charge in [0.05, 0.1) is 0 Å². The van der Waals surface area contributed by atoms with Crippen LogP contribution >= 0.6 is 0 Å². The molecule has 0 nitrogen and oxygen atoms in total. The minimum atomic E-state index is 0.624. The Morgan fingerprint density at radius 1 is 1.45 bits per heavy atom. The molecule has 1 rings (SSSR count). The zero-order valence-corrected chi connectivity index (χ0v) is 7.17. The Balaban J connectivity index is 2.86. The minimum absolute atomic E-state index is 0.624. The smallest absolute Gasteiger partial charge is 0.0964 e. The molecule has 0 aliphatic rings. The highest BCUT2D eigenvalue weighted by Crippen LogP contribution is 2.16. The standard InChI is InChI=1S/C10H13B/c1-3-8(2)9-5-4-6-10(11)7-9/h4-8H,3H2,1-2H3. The van der Waals surface area contributed by atoms with Crippen LogP contribution in [0.15, 0.2) is 24.3 Å². The van der Waals surface area contributed by atoms with E-state index in [4.69, 9.17) is 7.85 Å². The normalized spacial score (nSPS) is 12.9. The molecule has 0 amide bonds. The lowest BCUT2D eigenvalue weighted by Gasteiger charge is -2.08. The zero-order valence-electron chi connectivity index (χ0n) is 7.17. The molecule has 0 bridgehead atoms. The predicted octanol–water partition coefficient (Wildman–Crippen LogP) is 1.99. The molecule has 56 valence electrons. The molecule has 11 heavy (non-hydrogen) atoms. The molecule has 0 N–H and O–H groups in total. The minimum Gasteiger partial charge on any atom is -0.0964 e. The van der Waals surface area contributed by atoms with Crippen LogP contribution in [0, 0.1) is 0 Å². The average Bonchev–Trinajstić information content (AvgIpc) is 2.03. The van der Waals surface area contributed by atoms with Gasteiger partial charge < -0.3 is 0 Å². The van der Waals surface area contributed by atoms with E-state index in [-0.39, 0.29) is 0 Å². The predicted molar refractivity (Wildman–Crippen MR) is 50.5 cm³/mol.